The Balaban J connectivity index is 1.49. The van der Waals surface area contributed by atoms with Gasteiger partial charge in [-0.3, -0.25) is 4.79 Å². The lowest BCUT2D eigenvalue weighted by Crippen LogP contribution is -2.57. The van der Waals surface area contributed by atoms with E-state index in [0.717, 1.165) is 18.7 Å². The van der Waals surface area contributed by atoms with E-state index in [1.807, 2.05) is 38.2 Å². The summed E-state index contributed by atoms with van der Waals surface area (Å²) in [4.78, 5) is 16.2. The van der Waals surface area contributed by atoms with E-state index in [0.29, 0.717) is 45.0 Å². The van der Waals surface area contributed by atoms with Crippen LogP contribution < -0.4 is 4.74 Å². The molecule has 0 aliphatic carbocycles. The van der Waals surface area contributed by atoms with Gasteiger partial charge in [-0.05, 0) is 25.6 Å². The van der Waals surface area contributed by atoms with Crippen LogP contribution in [0.4, 0.5) is 0 Å². The van der Waals surface area contributed by atoms with Gasteiger partial charge in [-0.25, -0.2) is 0 Å². The summed E-state index contributed by atoms with van der Waals surface area (Å²) < 4.78 is 34.2. The fraction of sp³-hybridized carbons (Fsp3) is 0.611. The Bertz CT molecular complexity index is 754. The van der Waals surface area contributed by atoms with Gasteiger partial charge in [0.25, 0.3) is 16.1 Å². The van der Waals surface area contributed by atoms with E-state index in [-0.39, 0.29) is 12.5 Å². The van der Waals surface area contributed by atoms with Gasteiger partial charge in [-0.1, -0.05) is 18.2 Å². The first-order valence-electron chi connectivity index (χ1n) is 9.28. The van der Waals surface area contributed by atoms with Gasteiger partial charge in [-0.15, -0.1) is 0 Å². The second kappa shape index (κ2) is 8.55. The first-order valence-corrected chi connectivity index (χ1v) is 10.7. The van der Waals surface area contributed by atoms with Gasteiger partial charge in [0.15, 0.2) is 6.61 Å². The van der Waals surface area contributed by atoms with Crippen molar-refractivity contribution < 1.29 is 17.9 Å². The maximum atomic E-state index is 12.8. The van der Waals surface area contributed by atoms with Crippen LogP contribution in [0.5, 0.6) is 5.75 Å². The van der Waals surface area contributed by atoms with Crippen LogP contribution in [0.3, 0.4) is 0 Å². The third kappa shape index (κ3) is 4.78. The largest absolute Gasteiger partial charge is 0.484 e. The summed E-state index contributed by atoms with van der Waals surface area (Å²) in [6, 6.07) is 7.56. The molecule has 1 aromatic rings. The summed E-state index contributed by atoms with van der Waals surface area (Å²) >= 11 is 0. The molecule has 0 atom stereocenters. The van der Waals surface area contributed by atoms with Crippen molar-refractivity contribution in [2.24, 2.45) is 0 Å². The Hall–Kier alpha value is -1.68. The third-order valence-corrected chi connectivity index (χ3v) is 7.19. The van der Waals surface area contributed by atoms with Crippen LogP contribution in [-0.4, -0.2) is 98.7 Å². The Kier molecular flexibility index (Phi) is 6.36. The van der Waals surface area contributed by atoms with Crippen molar-refractivity contribution in [3.63, 3.8) is 0 Å². The molecule has 2 aliphatic rings. The minimum absolute atomic E-state index is 0.0317. The standard InChI is InChI=1S/C18H28N4O4S/c1-16-5-3-4-6-17(16)26-15-18(23)20-9-13-22(14-10-20)27(24,25)21-11-7-19(2)8-12-21/h3-6H,7-15H2,1-2H3. The van der Waals surface area contributed by atoms with Gasteiger partial charge < -0.3 is 14.5 Å². The highest BCUT2D eigenvalue weighted by Gasteiger charge is 2.34. The number of amides is 1. The maximum absolute atomic E-state index is 12.8. The topological polar surface area (TPSA) is 73.4 Å². The Morgan fingerprint density at radius 3 is 2.11 bits per heavy atom. The molecular weight excluding hydrogens is 368 g/mol. The number of nitrogens with zero attached hydrogens (tertiary/aromatic N) is 4. The van der Waals surface area contributed by atoms with Crippen molar-refractivity contribution >= 4 is 16.1 Å². The number of aryl methyl sites for hydroxylation is 1. The molecule has 2 heterocycles. The molecule has 8 nitrogen and oxygen atoms in total. The number of piperazine rings is 2. The van der Waals surface area contributed by atoms with E-state index in [2.05, 4.69) is 4.90 Å². The van der Waals surface area contributed by atoms with Gasteiger partial charge in [-0.2, -0.15) is 17.0 Å². The Labute approximate surface area is 161 Å². The monoisotopic (exact) mass is 396 g/mol. The number of para-hydroxylation sites is 1. The molecular formula is C18H28N4O4S. The number of rotatable bonds is 5. The number of ether oxygens (including phenoxy) is 1. The quantitative estimate of drug-likeness (QED) is 0.701. The molecule has 0 radical (unpaired) electrons. The molecule has 0 N–H and O–H groups in total. The smallest absolute Gasteiger partial charge is 0.282 e. The summed E-state index contributed by atoms with van der Waals surface area (Å²) in [6.45, 7) is 5.85. The van der Waals surface area contributed by atoms with E-state index in [1.165, 1.54) is 4.31 Å². The summed E-state index contributed by atoms with van der Waals surface area (Å²) in [5, 5.41) is 0. The number of likely N-dealkylation sites (N-methyl/N-ethyl adjacent to an activating group) is 1. The van der Waals surface area contributed by atoms with Crippen LogP contribution in [0, 0.1) is 6.92 Å². The maximum Gasteiger partial charge on any atom is 0.282 e. The second-order valence-electron chi connectivity index (χ2n) is 7.04. The number of hydrogen-bond acceptors (Lipinski definition) is 5. The lowest BCUT2D eigenvalue weighted by Gasteiger charge is -2.39. The van der Waals surface area contributed by atoms with E-state index < -0.39 is 10.2 Å². The average molecular weight is 397 g/mol. The van der Waals surface area contributed by atoms with Gasteiger partial charge in [0, 0.05) is 52.4 Å². The normalized spacial score (nSPS) is 20.6. The van der Waals surface area contributed by atoms with E-state index in [9.17, 15) is 13.2 Å². The van der Waals surface area contributed by atoms with Crippen molar-refractivity contribution in [3.8, 4) is 5.75 Å². The first-order chi connectivity index (χ1) is 12.9. The van der Waals surface area contributed by atoms with Crippen LogP contribution in [0.15, 0.2) is 24.3 Å². The zero-order chi connectivity index (χ0) is 19.4. The number of benzene rings is 1. The fourth-order valence-corrected chi connectivity index (χ4v) is 4.88. The predicted molar refractivity (Wildman–Crippen MR) is 103 cm³/mol. The predicted octanol–water partition coefficient (Wildman–Crippen LogP) is 0.0102. The van der Waals surface area contributed by atoms with Crippen molar-refractivity contribution in [3.05, 3.63) is 29.8 Å². The molecule has 0 aromatic heterocycles. The zero-order valence-corrected chi connectivity index (χ0v) is 16.8. The minimum Gasteiger partial charge on any atom is -0.484 e. The van der Waals surface area contributed by atoms with Crippen molar-refractivity contribution in [1.82, 2.24) is 18.4 Å². The lowest BCUT2D eigenvalue weighted by atomic mass is 10.2. The number of carbonyl (C=O) groups is 1. The SMILES string of the molecule is Cc1ccccc1OCC(=O)N1CCN(S(=O)(=O)N2CCN(C)CC2)CC1. The first kappa shape index (κ1) is 20.1. The van der Waals surface area contributed by atoms with Gasteiger partial charge in [0.05, 0.1) is 0 Å². The van der Waals surface area contributed by atoms with Crippen LogP contribution in [-0.2, 0) is 15.0 Å². The summed E-state index contributed by atoms with van der Waals surface area (Å²) in [6.07, 6.45) is 0. The molecule has 0 saturated carbocycles. The number of carbonyl (C=O) groups excluding carboxylic acids is 1. The highest BCUT2D eigenvalue weighted by Crippen LogP contribution is 2.17. The van der Waals surface area contributed by atoms with Gasteiger partial charge in [0.1, 0.15) is 5.75 Å². The molecule has 3 rings (SSSR count). The zero-order valence-electron chi connectivity index (χ0n) is 16.0. The second-order valence-corrected chi connectivity index (χ2v) is 8.97. The summed E-state index contributed by atoms with van der Waals surface area (Å²) in [7, 11) is -1.45. The number of hydrogen-bond donors (Lipinski definition) is 0. The third-order valence-electron chi connectivity index (χ3n) is 5.15. The van der Waals surface area contributed by atoms with Gasteiger partial charge in [0.2, 0.25) is 0 Å². The Morgan fingerprint density at radius 1 is 0.963 bits per heavy atom. The van der Waals surface area contributed by atoms with E-state index in [4.69, 9.17) is 4.74 Å². The average Bonchev–Trinajstić information content (AvgIpc) is 2.67. The lowest BCUT2D eigenvalue weighted by molar-refractivity contribution is -0.134. The molecule has 2 aliphatic heterocycles. The highest BCUT2D eigenvalue weighted by atomic mass is 32.2. The van der Waals surface area contributed by atoms with Crippen molar-refractivity contribution in [1.29, 1.82) is 0 Å². The highest BCUT2D eigenvalue weighted by molar-refractivity contribution is 7.86. The molecule has 1 amide bonds. The molecule has 0 spiro atoms. The molecule has 9 heteroatoms. The molecule has 2 fully saturated rings. The molecule has 0 unspecified atom stereocenters. The van der Waals surface area contributed by atoms with E-state index >= 15 is 0 Å². The van der Waals surface area contributed by atoms with Crippen molar-refractivity contribution in [2.75, 3.05) is 66.0 Å². The summed E-state index contributed by atoms with van der Waals surface area (Å²) in [5.74, 6) is 0.581. The van der Waals surface area contributed by atoms with Crippen LogP contribution in [0.25, 0.3) is 0 Å². The van der Waals surface area contributed by atoms with Crippen molar-refractivity contribution in [2.45, 2.75) is 6.92 Å². The Morgan fingerprint density at radius 2 is 1.52 bits per heavy atom. The van der Waals surface area contributed by atoms with Crippen LogP contribution >= 0.6 is 0 Å². The molecule has 150 valence electrons. The van der Waals surface area contributed by atoms with Crippen LogP contribution in [0.2, 0.25) is 0 Å². The molecule has 0 bridgehead atoms. The molecule has 27 heavy (non-hydrogen) atoms. The van der Waals surface area contributed by atoms with Gasteiger partial charge >= 0.3 is 0 Å². The van der Waals surface area contributed by atoms with E-state index in [1.54, 1.807) is 9.21 Å². The molecule has 2 saturated heterocycles. The fourth-order valence-electron chi connectivity index (χ4n) is 3.30. The van der Waals surface area contributed by atoms with Crippen LogP contribution in [0.1, 0.15) is 5.56 Å². The summed E-state index contributed by atoms with van der Waals surface area (Å²) in [5.41, 5.74) is 0.980. The molecule has 1 aromatic carbocycles. The minimum atomic E-state index is -3.45.